The molecule has 0 aliphatic carbocycles. The number of benzene rings is 1. The number of rotatable bonds is 3. The van der Waals surface area contributed by atoms with Gasteiger partial charge in [-0.2, -0.15) is 5.10 Å². The highest BCUT2D eigenvalue weighted by Crippen LogP contribution is 2.44. The molecule has 5 nitrogen and oxygen atoms in total. The summed E-state index contributed by atoms with van der Waals surface area (Å²) in [5.41, 5.74) is 1.01. The normalized spacial score (nSPS) is 27.5. The van der Waals surface area contributed by atoms with E-state index in [2.05, 4.69) is 10.1 Å². The molecular formula is C13H15N3O2. The van der Waals surface area contributed by atoms with E-state index in [0.717, 1.165) is 12.0 Å². The van der Waals surface area contributed by atoms with Crippen molar-refractivity contribution in [2.75, 3.05) is 13.7 Å². The fourth-order valence-corrected chi connectivity index (χ4v) is 2.55. The lowest BCUT2D eigenvalue weighted by Gasteiger charge is -2.33. The number of hydrogen-bond acceptors (Lipinski definition) is 4. The third kappa shape index (κ3) is 1.63. The van der Waals surface area contributed by atoms with Gasteiger partial charge >= 0.3 is 0 Å². The van der Waals surface area contributed by atoms with Crippen LogP contribution in [0.3, 0.4) is 0 Å². The maximum Gasteiger partial charge on any atom is 0.218 e. The van der Waals surface area contributed by atoms with Gasteiger partial charge in [0.05, 0.1) is 6.61 Å². The van der Waals surface area contributed by atoms with Crippen molar-refractivity contribution in [2.24, 2.45) is 0 Å². The molecular weight excluding hydrogens is 230 g/mol. The van der Waals surface area contributed by atoms with Crippen molar-refractivity contribution in [3.63, 3.8) is 0 Å². The van der Waals surface area contributed by atoms with E-state index in [1.54, 1.807) is 13.4 Å². The van der Waals surface area contributed by atoms with Gasteiger partial charge in [0, 0.05) is 12.7 Å². The largest absolute Gasteiger partial charge is 0.348 e. The zero-order chi connectivity index (χ0) is 12.4. The van der Waals surface area contributed by atoms with Gasteiger partial charge in [0.25, 0.3) is 0 Å². The SMILES string of the molecule is COC1(c2ccccc2)OCCC1n1cncn1. The molecule has 5 heteroatoms. The Hall–Kier alpha value is -1.72. The minimum absolute atomic E-state index is 0.00685. The molecule has 2 aromatic rings. The summed E-state index contributed by atoms with van der Waals surface area (Å²) in [5, 5.41) is 4.21. The Balaban J connectivity index is 2.05. The Morgan fingerprint density at radius 3 is 2.89 bits per heavy atom. The second-order valence-electron chi connectivity index (χ2n) is 4.27. The van der Waals surface area contributed by atoms with Crippen molar-refractivity contribution in [3.8, 4) is 0 Å². The van der Waals surface area contributed by atoms with E-state index in [9.17, 15) is 0 Å². The molecule has 94 valence electrons. The van der Waals surface area contributed by atoms with Crippen LogP contribution in [0, 0.1) is 0 Å². The van der Waals surface area contributed by atoms with E-state index in [4.69, 9.17) is 9.47 Å². The van der Waals surface area contributed by atoms with Crippen LogP contribution in [-0.4, -0.2) is 28.5 Å². The van der Waals surface area contributed by atoms with E-state index in [1.165, 1.54) is 6.33 Å². The maximum absolute atomic E-state index is 5.90. The fourth-order valence-electron chi connectivity index (χ4n) is 2.55. The predicted molar refractivity (Wildman–Crippen MR) is 64.8 cm³/mol. The quantitative estimate of drug-likeness (QED) is 0.826. The summed E-state index contributed by atoms with van der Waals surface area (Å²) < 4.78 is 13.4. The molecule has 1 aromatic carbocycles. The lowest BCUT2D eigenvalue weighted by molar-refractivity contribution is -0.222. The van der Waals surface area contributed by atoms with Gasteiger partial charge in [-0.05, 0) is 6.42 Å². The van der Waals surface area contributed by atoms with Crippen LogP contribution in [0.25, 0.3) is 0 Å². The van der Waals surface area contributed by atoms with Gasteiger partial charge < -0.3 is 9.47 Å². The van der Waals surface area contributed by atoms with Crippen LogP contribution in [0.1, 0.15) is 18.0 Å². The van der Waals surface area contributed by atoms with Gasteiger partial charge in [-0.3, -0.25) is 0 Å². The van der Waals surface area contributed by atoms with Gasteiger partial charge in [-0.25, -0.2) is 9.67 Å². The second-order valence-corrected chi connectivity index (χ2v) is 4.27. The Kier molecular flexibility index (Phi) is 2.85. The number of nitrogens with zero attached hydrogens (tertiary/aromatic N) is 3. The van der Waals surface area contributed by atoms with Gasteiger partial charge in [-0.1, -0.05) is 30.3 Å². The van der Waals surface area contributed by atoms with Gasteiger partial charge in [0.2, 0.25) is 5.79 Å². The molecule has 0 bridgehead atoms. The molecule has 2 unspecified atom stereocenters. The molecule has 3 rings (SSSR count). The molecule has 1 aromatic heterocycles. The van der Waals surface area contributed by atoms with Crippen LogP contribution in [0.4, 0.5) is 0 Å². The van der Waals surface area contributed by atoms with Crippen LogP contribution >= 0.6 is 0 Å². The lowest BCUT2D eigenvalue weighted by atomic mass is 9.98. The first-order valence-electron chi connectivity index (χ1n) is 5.95. The smallest absolute Gasteiger partial charge is 0.218 e. The first kappa shape index (κ1) is 11.4. The highest BCUT2D eigenvalue weighted by Gasteiger charge is 2.48. The van der Waals surface area contributed by atoms with Crippen LogP contribution in [0.15, 0.2) is 43.0 Å². The van der Waals surface area contributed by atoms with Crippen molar-refractivity contribution in [1.82, 2.24) is 14.8 Å². The Morgan fingerprint density at radius 2 is 2.22 bits per heavy atom. The zero-order valence-electron chi connectivity index (χ0n) is 10.2. The van der Waals surface area contributed by atoms with Crippen molar-refractivity contribution in [3.05, 3.63) is 48.5 Å². The highest BCUT2D eigenvalue weighted by atomic mass is 16.7. The molecule has 2 atom stereocenters. The average molecular weight is 245 g/mol. The lowest BCUT2D eigenvalue weighted by Crippen LogP contribution is -2.36. The second kappa shape index (κ2) is 4.51. The van der Waals surface area contributed by atoms with E-state index in [0.29, 0.717) is 6.61 Å². The first-order chi connectivity index (χ1) is 8.87. The molecule has 18 heavy (non-hydrogen) atoms. The van der Waals surface area contributed by atoms with Crippen LogP contribution < -0.4 is 0 Å². The molecule has 0 radical (unpaired) electrons. The molecule has 1 fully saturated rings. The minimum atomic E-state index is -0.769. The maximum atomic E-state index is 5.90. The van der Waals surface area contributed by atoms with Crippen molar-refractivity contribution in [2.45, 2.75) is 18.2 Å². The molecule has 0 spiro atoms. The van der Waals surface area contributed by atoms with E-state index < -0.39 is 5.79 Å². The van der Waals surface area contributed by atoms with E-state index in [-0.39, 0.29) is 6.04 Å². The Bertz CT molecular complexity index is 500. The number of methoxy groups -OCH3 is 1. The van der Waals surface area contributed by atoms with Crippen molar-refractivity contribution >= 4 is 0 Å². The summed E-state index contributed by atoms with van der Waals surface area (Å²) in [6.07, 6.45) is 4.09. The van der Waals surface area contributed by atoms with Crippen LogP contribution in [0.5, 0.6) is 0 Å². The monoisotopic (exact) mass is 245 g/mol. The topological polar surface area (TPSA) is 49.2 Å². The molecule has 0 amide bonds. The number of aromatic nitrogens is 3. The van der Waals surface area contributed by atoms with Crippen LogP contribution in [-0.2, 0) is 15.3 Å². The third-order valence-corrected chi connectivity index (χ3v) is 3.38. The summed E-state index contributed by atoms with van der Waals surface area (Å²) in [4.78, 5) is 4.00. The summed E-state index contributed by atoms with van der Waals surface area (Å²) in [7, 11) is 1.67. The first-order valence-corrected chi connectivity index (χ1v) is 5.95. The van der Waals surface area contributed by atoms with E-state index >= 15 is 0 Å². The number of ether oxygens (including phenoxy) is 2. The molecule has 0 N–H and O–H groups in total. The standard InChI is InChI=1S/C13H15N3O2/c1-17-13(11-5-3-2-4-6-11)12(7-8-18-13)16-10-14-9-15-16/h2-6,9-10,12H,7-8H2,1H3. The van der Waals surface area contributed by atoms with Gasteiger partial charge in [-0.15, -0.1) is 0 Å². The van der Waals surface area contributed by atoms with Crippen molar-refractivity contribution in [1.29, 1.82) is 0 Å². The summed E-state index contributed by atoms with van der Waals surface area (Å²) in [6, 6.07) is 9.98. The molecule has 0 saturated carbocycles. The molecule has 2 heterocycles. The van der Waals surface area contributed by atoms with E-state index in [1.807, 2.05) is 35.0 Å². The summed E-state index contributed by atoms with van der Waals surface area (Å²) in [5.74, 6) is -0.769. The Morgan fingerprint density at radius 1 is 1.39 bits per heavy atom. The minimum Gasteiger partial charge on any atom is -0.348 e. The Labute approximate surface area is 105 Å². The third-order valence-electron chi connectivity index (χ3n) is 3.38. The molecule has 1 aliphatic rings. The highest BCUT2D eigenvalue weighted by molar-refractivity contribution is 5.23. The molecule has 1 aliphatic heterocycles. The van der Waals surface area contributed by atoms with Crippen molar-refractivity contribution < 1.29 is 9.47 Å². The van der Waals surface area contributed by atoms with Gasteiger partial charge in [0.15, 0.2) is 0 Å². The number of hydrogen-bond donors (Lipinski definition) is 0. The van der Waals surface area contributed by atoms with Crippen LogP contribution in [0.2, 0.25) is 0 Å². The average Bonchev–Trinajstić information content (AvgIpc) is 3.09. The predicted octanol–water partition coefficient (Wildman–Crippen LogP) is 1.74. The summed E-state index contributed by atoms with van der Waals surface area (Å²) >= 11 is 0. The van der Waals surface area contributed by atoms with Gasteiger partial charge in [0.1, 0.15) is 18.7 Å². The fraction of sp³-hybridized carbons (Fsp3) is 0.385. The summed E-state index contributed by atoms with van der Waals surface area (Å²) in [6.45, 7) is 0.646. The molecule has 1 saturated heterocycles. The zero-order valence-corrected chi connectivity index (χ0v) is 10.2.